The van der Waals surface area contributed by atoms with Crippen LogP contribution in [0.1, 0.15) is 33.0 Å². The number of likely N-dealkylation sites (tertiary alicyclic amines) is 1. The van der Waals surface area contributed by atoms with Gasteiger partial charge in [0.25, 0.3) is 5.91 Å². The SMILES string of the molecule is Cc1cc2c(cnn2-c2ccc(F)cc2)cc1[C@]12CN(C(=O)c3ccccc3S(C)(=O)=O)C[C@H]1[C@@H]2c1ccccc1. The molecule has 0 radical (unpaired) electrons. The topological polar surface area (TPSA) is 72.3 Å². The molecule has 8 heteroatoms. The van der Waals surface area contributed by atoms with E-state index < -0.39 is 9.84 Å². The fourth-order valence-corrected chi connectivity index (χ4v) is 7.90. The van der Waals surface area contributed by atoms with Crippen LogP contribution in [0.2, 0.25) is 0 Å². The lowest BCUT2D eigenvalue weighted by atomic mass is 9.86. The summed E-state index contributed by atoms with van der Waals surface area (Å²) in [7, 11) is -3.56. The van der Waals surface area contributed by atoms with Crippen molar-refractivity contribution in [1.29, 1.82) is 0 Å². The molecular weight excluding hydrogens is 537 g/mol. The molecule has 7 rings (SSSR count). The zero-order chi connectivity index (χ0) is 28.5. The summed E-state index contributed by atoms with van der Waals surface area (Å²) in [5.74, 6) is -0.120. The number of piperidine rings is 1. The number of sulfone groups is 1. The highest BCUT2D eigenvalue weighted by atomic mass is 32.2. The van der Waals surface area contributed by atoms with Crippen LogP contribution in [-0.2, 0) is 15.3 Å². The zero-order valence-corrected chi connectivity index (χ0v) is 23.5. The average Bonchev–Trinajstić information content (AvgIpc) is 3.22. The van der Waals surface area contributed by atoms with E-state index in [9.17, 15) is 17.6 Å². The Kier molecular flexibility index (Phi) is 5.70. The Balaban J connectivity index is 1.31. The maximum atomic E-state index is 13.8. The molecule has 206 valence electrons. The lowest BCUT2D eigenvalue weighted by Crippen LogP contribution is -2.35. The molecule has 2 aliphatic rings. The van der Waals surface area contributed by atoms with Crippen molar-refractivity contribution in [2.45, 2.75) is 23.2 Å². The van der Waals surface area contributed by atoms with Gasteiger partial charge in [-0.05, 0) is 78.1 Å². The van der Waals surface area contributed by atoms with Gasteiger partial charge < -0.3 is 4.90 Å². The number of carbonyl (C=O) groups is 1. The summed E-state index contributed by atoms with van der Waals surface area (Å²) in [4.78, 5) is 15.7. The molecule has 1 amide bonds. The summed E-state index contributed by atoms with van der Waals surface area (Å²) in [5.41, 5.74) is 5.13. The first-order valence-corrected chi connectivity index (χ1v) is 15.5. The number of rotatable bonds is 5. The van der Waals surface area contributed by atoms with E-state index in [0.29, 0.717) is 13.1 Å². The fraction of sp³-hybridized carbons (Fsp3) is 0.212. The van der Waals surface area contributed by atoms with Crippen LogP contribution < -0.4 is 0 Å². The van der Waals surface area contributed by atoms with Gasteiger partial charge in [-0.25, -0.2) is 17.5 Å². The van der Waals surface area contributed by atoms with E-state index in [4.69, 9.17) is 0 Å². The van der Waals surface area contributed by atoms with Crippen LogP contribution in [0.3, 0.4) is 0 Å². The Morgan fingerprint density at radius 1 is 0.976 bits per heavy atom. The molecule has 5 aromatic rings. The largest absolute Gasteiger partial charge is 0.337 e. The van der Waals surface area contributed by atoms with Gasteiger partial charge in [0.2, 0.25) is 0 Å². The normalized spacial score (nSPS) is 21.7. The second-order valence-electron chi connectivity index (χ2n) is 11.2. The van der Waals surface area contributed by atoms with Gasteiger partial charge in [-0.2, -0.15) is 5.10 Å². The number of benzene rings is 4. The smallest absolute Gasteiger partial charge is 0.255 e. The van der Waals surface area contributed by atoms with Gasteiger partial charge in [-0.1, -0.05) is 42.5 Å². The first-order valence-electron chi connectivity index (χ1n) is 13.6. The van der Waals surface area contributed by atoms with E-state index in [1.165, 1.54) is 29.3 Å². The first kappa shape index (κ1) is 25.7. The molecule has 1 aromatic heterocycles. The van der Waals surface area contributed by atoms with E-state index in [1.54, 1.807) is 30.3 Å². The number of aryl methyl sites for hydroxylation is 1. The number of aromatic nitrogens is 2. The highest BCUT2D eigenvalue weighted by Gasteiger charge is 2.71. The molecule has 2 fully saturated rings. The molecule has 2 heterocycles. The zero-order valence-electron chi connectivity index (χ0n) is 22.7. The van der Waals surface area contributed by atoms with Crippen molar-refractivity contribution in [3.8, 4) is 5.69 Å². The molecule has 1 aliphatic carbocycles. The molecule has 1 saturated carbocycles. The Morgan fingerprint density at radius 3 is 2.41 bits per heavy atom. The molecule has 0 spiro atoms. The van der Waals surface area contributed by atoms with Crippen LogP contribution in [0, 0.1) is 18.7 Å². The minimum Gasteiger partial charge on any atom is -0.337 e. The van der Waals surface area contributed by atoms with Crippen molar-refractivity contribution in [3.05, 3.63) is 125 Å². The van der Waals surface area contributed by atoms with E-state index in [-0.39, 0.29) is 39.4 Å². The lowest BCUT2D eigenvalue weighted by Gasteiger charge is -2.26. The predicted octanol–water partition coefficient (Wildman–Crippen LogP) is 5.68. The van der Waals surface area contributed by atoms with E-state index >= 15 is 0 Å². The summed E-state index contributed by atoms with van der Waals surface area (Å²) in [5, 5.41) is 5.57. The quantitative estimate of drug-likeness (QED) is 0.275. The summed E-state index contributed by atoms with van der Waals surface area (Å²) in [6.07, 6.45) is 2.96. The molecule has 1 saturated heterocycles. The summed E-state index contributed by atoms with van der Waals surface area (Å²) in [6.45, 7) is 3.13. The van der Waals surface area contributed by atoms with Crippen LogP contribution in [0.25, 0.3) is 16.6 Å². The van der Waals surface area contributed by atoms with Gasteiger partial charge in [0.05, 0.1) is 27.9 Å². The van der Waals surface area contributed by atoms with Gasteiger partial charge in [0.15, 0.2) is 9.84 Å². The average molecular weight is 566 g/mol. The molecule has 1 aliphatic heterocycles. The first-order chi connectivity index (χ1) is 19.7. The van der Waals surface area contributed by atoms with Crippen LogP contribution in [0.5, 0.6) is 0 Å². The molecule has 4 aromatic carbocycles. The number of halogens is 1. The van der Waals surface area contributed by atoms with Crippen LogP contribution in [0.4, 0.5) is 4.39 Å². The van der Waals surface area contributed by atoms with Crippen molar-refractivity contribution >= 4 is 26.6 Å². The van der Waals surface area contributed by atoms with Crippen molar-refractivity contribution in [2.75, 3.05) is 19.3 Å². The number of hydrogen-bond donors (Lipinski definition) is 0. The molecule has 6 nitrogen and oxygen atoms in total. The molecule has 41 heavy (non-hydrogen) atoms. The van der Waals surface area contributed by atoms with Gasteiger partial charge in [0, 0.05) is 36.1 Å². The summed E-state index contributed by atoms with van der Waals surface area (Å²) >= 11 is 0. The Morgan fingerprint density at radius 2 is 1.68 bits per heavy atom. The van der Waals surface area contributed by atoms with Gasteiger partial charge in [-0.3, -0.25) is 4.79 Å². The van der Waals surface area contributed by atoms with Gasteiger partial charge in [0.1, 0.15) is 5.82 Å². The van der Waals surface area contributed by atoms with E-state index in [0.717, 1.165) is 28.4 Å². The number of amides is 1. The second-order valence-corrected chi connectivity index (χ2v) is 13.2. The van der Waals surface area contributed by atoms with E-state index in [1.807, 2.05) is 34.0 Å². The summed E-state index contributed by atoms with van der Waals surface area (Å²) in [6, 6.07) is 27.4. The Bertz CT molecular complexity index is 1940. The van der Waals surface area contributed by atoms with Crippen LogP contribution >= 0.6 is 0 Å². The monoisotopic (exact) mass is 565 g/mol. The minimum absolute atomic E-state index is 0.0602. The number of hydrogen-bond acceptors (Lipinski definition) is 4. The van der Waals surface area contributed by atoms with Crippen LogP contribution in [-0.4, -0.2) is 48.4 Å². The fourth-order valence-electron chi connectivity index (χ4n) is 7.02. The second kappa shape index (κ2) is 9.11. The van der Waals surface area contributed by atoms with Gasteiger partial charge in [-0.15, -0.1) is 0 Å². The number of nitrogens with zero attached hydrogens (tertiary/aromatic N) is 3. The number of carbonyl (C=O) groups excluding carboxylic acids is 1. The highest BCUT2D eigenvalue weighted by Crippen LogP contribution is 2.70. The summed E-state index contributed by atoms with van der Waals surface area (Å²) < 4.78 is 40.3. The maximum Gasteiger partial charge on any atom is 0.255 e. The predicted molar refractivity (Wildman–Crippen MR) is 156 cm³/mol. The number of fused-ring (bicyclic) bond motifs is 2. The van der Waals surface area contributed by atoms with Crippen LogP contribution in [0.15, 0.2) is 102 Å². The third-order valence-corrected chi connectivity index (χ3v) is 9.98. The standard InChI is InChI=1S/C33H28FN3O3S/c1-21-16-29-23(18-35-37(29)25-14-12-24(34)13-15-25)17-27(21)33-20-36(19-28(33)31(33)22-8-4-3-5-9-22)32(38)26-10-6-7-11-30(26)41(2,39)40/h3-18,28,31H,19-20H2,1-2H3/t28-,31-,33+/m0/s1. The van der Waals surface area contributed by atoms with Crippen molar-refractivity contribution < 1.29 is 17.6 Å². The molecule has 0 unspecified atom stereocenters. The third kappa shape index (κ3) is 4.00. The van der Waals surface area contributed by atoms with Gasteiger partial charge >= 0.3 is 0 Å². The lowest BCUT2D eigenvalue weighted by molar-refractivity contribution is 0.0765. The minimum atomic E-state index is -3.56. The highest BCUT2D eigenvalue weighted by molar-refractivity contribution is 7.90. The Hall–Kier alpha value is -4.30. The van der Waals surface area contributed by atoms with E-state index in [2.05, 4.69) is 36.3 Å². The maximum absolute atomic E-state index is 13.8. The molecule has 0 N–H and O–H groups in total. The third-order valence-electron chi connectivity index (χ3n) is 8.83. The Labute approximate surface area is 238 Å². The van der Waals surface area contributed by atoms with Crippen molar-refractivity contribution in [2.24, 2.45) is 5.92 Å². The van der Waals surface area contributed by atoms with Crippen molar-refractivity contribution in [3.63, 3.8) is 0 Å². The molecular formula is C33H28FN3O3S. The molecule has 0 bridgehead atoms. The van der Waals surface area contributed by atoms with Crippen molar-refractivity contribution in [1.82, 2.24) is 14.7 Å². The molecule has 3 atom stereocenters.